The number of benzene rings is 2. The van der Waals surface area contributed by atoms with Gasteiger partial charge in [0, 0.05) is 25.6 Å². The lowest BCUT2D eigenvalue weighted by molar-refractivity contribution is -0.141. The molecule has 0 N–H and O–H groups in total. The van der Waals surface area contributed by atoms with E-state index in [1.807, 2.05) is 57.7 Å². The van der Waals surface area contributed by atoms with Crippen LogP contribution in [0.2, 0.25) is 0 Å². The Morgan fingerprint density at radius 2 is 1.82 bits per heavy atom. The van der Waals surface area contributed by atoms with E-state index >= 15 is 0 Å². The van der Waals surface area contributed by atoms with Crippen LogP contribution in [0.1, 0.15) is 63.8 Å². The summed E-state index contributed by atoms with van der Waals surface area (Å²) in [4.78, 5) is 29.6. The van der Waals surface area contributed by atoms with Crippen LogP contribution in [0.15, 0.2) is 42.5 Å². The smallest absolute Gasteiger partial charge is 0.263 e. The minimum absolute atomic E-state index is 0.0416. The molecule has 1 heterocycles. The van der Waals surface area contributed by atoms with Gasteiger partial charge in [0.05, 0.1) is 6.04 Å². The lowest BCUT2D eigenvalue weighted by Crippen LogP contribution is -2.45. The zero-order chi connectivity index (χ0) is 24.3. The largest absolute Gasteiger partial charge is 0.481 e. The zero-order valence-corrected chi connectivity index (χ0v) is 20.5. The van der Waals surface area contributed by atoms with Crippen molar-refractivity contribution in [1.29, 1.82) is 0 Å². The molecule has 2 aromatic rings. The normalized spacial score (nSPS) is 16.7. The van der Waals surface area contributed by atoms with Crippen molar-refractivity contribution in [3.05, 3.63) is 65.0 Å². The molecule has 33 heavy (non-hydrogen) atoms. The quantitative estimate of drug-likeness (QED) is 0.618. The summed E-state index contributed by atoms with van der Waals surface area (Å²) in [7, 11) is 1.77. The van der Waals surface area contributed by atoms with Crippen molar-refractivity contribution in [3.63, 3.8) is 0 Å². The Kier molecular flexibility index (Phi) is 7.45. The fourth-order valence-electron chi connectivity index (χ4n) is 4.19. The average molecular weight is 455 g/mol. The van der Waals surface area contributed by atoms with Crippen LogP contribution in [0, 0.1) is 11.2 Å². The number of nitrogens with zero attached hydrogens (tertiary/aromatic N) is 2. The topological polar surface area (TPSA) is 49.9 Å². The molecule has 3 rings (SSSR count). The number of amides is 2. The summed E-state index contributed by atoms with van der Waals surface area (Å²) < 4.78 is 19.8. The van der Waals surface area contributed by atoms with Crippen LogP contribution >= 0.6 is 0 Å². The molecule has 2 atom stereocenters. The average Bonchev–Trinajstić information content (AvgIpc) is 2.80. The molecule has 0 saturated heterocycles. The predicted molar refractivity (Wildman–Crippen MR) is 128 cm³/mol. The molecule has 0 aliphatic carbocycles. The summed E-state index contributed by atoms with van der Waals surface area (Å²) in [5.74, 6) is 0.262. The van der Waals surface area contributed by atoms with Gasteiger partial charge in [0.1, 0.15) is 11.6 Å². The van der Waals surface area contributed by atoms with Gasteiger partial charge in [-0.1, -0.05) is 45.9 Å². The number of likely N-dealkylation sites (N-methyl/N-ethyl adjacent to an activating group) is 1. The Balaban J connectivity index is 2.03. The molecule has 2 aromatic carbocycles. The molecule has 0 saturated carbocycles. The fourth-order valence-corrected chi connectivity index (χ4v) is 4.19. The monoisotopic (exact) mass is 454 g/mol. The number of halogens is 1. The lowest BCUT2D eigenvalue weighted by Gasteiger charge is -2.41. The Morgan fingerprint density at radius 1 is 1.15 bits per heavy atom. The molecule has 1 aliphatic rings. The highest BCUT2D eigenvalue weighted by atomic mass is 19.1. The number of fused-ring (bicyclic) bond motifs is 1. The van der Waals surface area contributed by atoms with Crippen LogP contribution in [0.3, 0.4) is 0 Å². The standard InChI is InChI=1S/C27H35FN2O3/c1-7-23(25(31)29(6)8-2)33-21-14-11-18-15-16-30(26(32)27(3,4)5)24(22(18)17-21)19-9-12-20(28)13-10-19/h9-14,17,23-24H,7-8,15-16H2,1-6H3/t23-,24-/m0/s1. The first-order valence-electron chi connectivity index (χ1n) is 11.7. The van der Waals surface area contributed by atoms with Gasteiger partial charge < -0.3 is 14.5 Å². The minimum Gasteiger partial charge on any atom is -0.481 e. The van der Waals surface area contributed by atoms with Crippen molar-refractivity contribution in [2.45, 2.75) is 59.6 Å². The molecule has 0 bridgehead atoms. The fraction of sp³-hybridized carbons (Fsp3) is 0.481. The SMILES string of the molecule is CC[C@H](Oc1ccc2c(c1)[C@H](c1ccc(F)cc1)N(C(=O)C(C)(C)C)CC2)C(=O)N(C)CC. The lowest BCUT2D eigenvalue weighted by atomic mass is 9.85. The van der Waals surface area contributed by atoms with E-state index in [1.165, 1.54) is 12.1 Å². The van der Waals surface area contributed by atoms with Gasteiger partial charge in [0.25, 0.3) is 5.91 Å². The number of carbonyl (C=O) groups excluding carboxylic acids is 2. The van der Waals surface area contributed by atoms with E-state index in [2.05, 4.69) is 0 Å². The Hall–Kier alpha value is -2.89. The van der Waals surface area contributed by atoms with Crippen molar-refractivity contribution < 1.29 is 18.7 Å². The summed E-state index contributed by atoms with van der Waals surface area (Å²) in [6.07, 6.45) is 0.702. The van der Waals surface area contributed by atoms with Crippen molar-refractivity contribution >= 4 is 11.8 Å². The summed E-state index contributed by atoms with van der Waals surface area (Å²) in [5, 5.41) is 0. The van der Waals surface area contributed by atoms with E-state index in [1.54, 1.807) is 24.1 Å². The molecule has 0 fully saturated rings. The van der Waals surface area contributed by atoms with Gasteiger partial charge in [0.15, 0.2) is 6.10 Å². The summed E-state index contributed by atoms with van der Waals surface area (Å²) >= 11 is 0. The predicted octanol–water partition coefficient (Wildman–Crippen LogP) is 4.98. The molecule has 0 aromatic heterocycles. The molecular weight excluding hydrogens is 419 g/mol. The number of rotatable bonds is 6. The first kappa shape index (κ1) is 24.7. The van der Waals surface area contributed by atoms with Gasteiger partial charge in [-0.15, -0.1) is 0 Å². The van der Waals surface area contributed by atoms with Crippen LogP contribution < -0.4 is 4.74 Å². The van der Waals surface area contributed by atoms with Crippen molar-refractivity contribution in [2.24, 2.45) is 5.41 Å². The van der Waals surface area contributed by atoms with Crippen LogP contribution in [0.5, 0.6) is 5.75 Å². The second-order valence-electron chi connectivity index (χ2n) is 9.68. The minimum atomic E-state index is -0.576. The van der Waals surface area contributed by atoms with Gasteiger partial charge in [-0.05, 0) is 60.7 Å². The Bertz CT molecular complexity index is 997. The second kappa shape index (κ2) is 9.94. The van der Waals surface area contributed by atoms with Gasteiger partial charge in [-0.25, -0.2) is 4.39 Å². The van der Waals surface area contributed by atoms with Crippen molar-refractivity contribution in [1.82, 2.24) is 9.80 Å². The highest BCUT2D eigenvalue weighted by Crippen LogP contribution is 2.39. The zero-order valence-electron chi connectivity index (χ0n) is 20.5. The van der Waals surface area contributed by atoms with Crippen LogP contribution in [0.25, 0.3) is 0 Å². The number of carbonyl (C=O) groups is 2. The maximum absolute atomic E-state index is 13.7. The molecular formula is C27H35FN2O3. The first-order valence-corrected chi connectivity index (χ1v) is 11.7. The molecule has 1 aliphatic heterocycles. The van der Waals surface area contributed by atoms with Crippen LogP contribution in [-0.4, -0.2) is 47.9 Å². The van der Waals surface area contributed by atoms with Crippen molar-refractivity contribution in [3.8, 4) is 5.75 Å². The third kappa shape index (κ3) is 5.37. The van der Waals surface area contributed by atoms with Gasteiger partial charge >= 0.3 is 0 Å². The van der Waals surface area contributed by atoms with Crippen LogP contribution in [0.4, 0.5) is 4.39 Å². The molecule has 6 heteroatoms. The van der Waals surface area contributed by atoms with Crippen LogP contribution in [-0.2, 0) is 16.0 Å². The van der Waals surface area contributed by atoms with Crippen molar-refractivity contribution in [2.75, 3.05) is 20.1 Å². The molecule has 2 amide bonds. The summed E-state index contributed by atoms with van der Waals surface area (Å²) in [5.41, 5.74) is 2.38. The Labute approximate surface area is 196 Å². The van der Waals surface area contributed by atoms with E-state index in [0.29, 0.717) is 25.3 Å². The van der Waals surface area contributed by atoms with E-state index in [0.717, 1.165) is 23.1 Å². The number of hydrogen-bond acceptors (Lipinski definition) is 3. The molecule has 178 valence electrons. The first-order chi connectivity index (χ1) is 15.6. The molecule has 5 nitrogen and oxygen atoms in total. The number of ether oxygens (including phenoxy) is 1. The summed E-state index contributed by atoms with van der Waals surface area (Å²) in [6, 6.07) is 11.8. The van der Waals surface area contributed by atoms with Gasteiger partial charge in [-0.3, -0.25) is 9.59 Å². The van der Waals surface area contributed by atoms with Gasteiger partial charge in [0.2, 0.25) is 5.91 Å². The highest BCUT2D eigenvalue weighted by Gasteiger charge is 2.37. The van der Waals surface area contributed by atoms with Gasteiger partial charge in [-0.2, -0.15) is 0 Å². The van der Waals surface area contributed by atoms with E-state index < -0.39 is 11.5 Å². The van der Waals surface area contributed by atoms with E-state index in [4.69, 9.17) is 4.74 Å². The summed E-state index contributed by atoms with van der Waals surface area (Å²) in [6.45, 7) is 10.8. The van der Waals surface area contributed by atoms with E-state index in [9.17, 15) is 14.0 Å². The maximum atomic E-state index is 13.7. The second-order valence-corrected chi connectivity index (χ2v) is 9.68. The third-order valence-corrected chi connectivity index (χ3v) is 6.21. The third-order valence-electron chi connectivity index (χ3n) is 6.21. The number of hydrogen-bond donors (Lipinski definition) is 0. The molecule has 0 spiro atoms. The van der Waals surface area contributed by atoms with E-state index in [-0.39, 0.29) is 23.7 Å². The Morgan fingerprint density at radius 3 is 2.39 bits per heavy atom. The molecule has 0 unspecified atom stereocenters. The maximum Gasteiger partial charge on any atom is 0.263 e. The highest BCUT2D eigenvalue weighted by molar-refractivity contribution is 5.83. The molecule has 0 radical (unpaired) electrons.